The van der Waals surface area contributed by atoms with Crippen LogP contribution in [0.1, 0.15) is 5.56 Å². The minimum Gasteiger partial charge on any atom is -0.278 e. The number of benzene rings is 1. The van der Waals surface area contributed by atoms with Crippen molar-refractivity contribution in [3.05, 3.63) is 30.0 Å². The largest absolute Gasteiger partial charge is 0.278 e. The molecule has 0 atom stereocenters. The van der Waals surface area contributed by atoms with Gasteiger partial charge in [-0.05, 0) is 24.1 Å². The molecule has 3 heteroatoms. The summed E-state index contributed by atoms with van der Waals surface area (Å²) in [6, 6.07) is 6.22. The van der Waals surface area contributed by atoms with Crippen LogP contribution < -0.4 is 0 Å². The quantitative estimate of drug-likeness (QED) is 0.707. The second-order valence-electron chi connectivity index (χ2n) is 2.73. The van der Waals surface area contributed by atoms with E-state index in [1.54, 1.807) is 0 Å². The molecule has 1 heterocycles. The van der Waals surface area contributed by atoms with Crippen LogP contribution in [0, 0.1) is 0 Å². The van der Waals surface area contributed by atoms with Crippen LogP contribution in [-0.2, 0) is 6.42 Å². The molecule has 0 amide bonds. The molecular formula is C9H9ClN2. The van der Waals surface area contributed by atoms with Crippen molar-refractivity contribution in [3.8, 4) is 0 Å². The first-order valence-corrected chi connectivity index (χ1v) is 4.41. The first-order valence-electron chi connectivity index (χ1n) is 3.88. The fraction of sp³-hybridized carbons (Fsp3) is 0.222. The highest BCUT2D eigenvalue weighted by molar-refractivity contribution is 6.18. The first kappa shape index (κ1) is 7.62. The Bertz CT molecular complexity index is 381. The summed E-state index contributed by atoms with van der Waals surface area (Å²) in [6.07, 6.45) is 2.75. The van der Waals surface area contributed by atoms with Crippen LogP contribution in [0.4, 0.5) is 0 Å². The van der Waals surface area contributed by atoms with E-state index in [-0.39, 0.29) is 0 Å². The Labute approximate surface area is 75.5 Å². The number of hydrogen-bond acceptors (Lipinski definition) is 1. The van der Waals surface area contributed by atoms with E-state index in [0.29, 0.717) is 5.88 Å². The second kappa shape index (κ2) is 3.15. The van der Waals surface area contributed by atoms with Gasteiger partial charge in [-0.25, -0.2) is 0 Å². The molecule has 0 spiro atoms. The van der Waals surface area contributed by atoms with Crippen molar-refractivity contribution in [1.82, 2.24) is 10.2 Å². The van der Waals surface area contributed by atoms with E-state index in [1.807, 2.05) is 12.3 Å². The Morgan fingerprint density at radius 3 is 3.17 bits per heavy atom. The average molecular weight is 181 g/mol. The van der Waals surface area contributed by atoms with E-state index >= 15 is 0 Å². The lowest BCUT2D eigenvalue weighted by atomic mass is 10.1. The number of aryl methyl sites for hydroxylation is 1. The molecule has 1 N–H and O–H groups in total. The molecule has 0 bridgehead atoms. The number of rotatable bonds is 2. The summed E-state index contributed by atoms with van der Waals surface area (Å²) >= 11 is 5.64. The maximum Gasteiger partial charge on any atom is 0.0650 e. The molecule has 2 rings (SSSR count). The molecule has 0 saturated carbocycles. The van der Waals surface area contributed by atoms with Crippen molar-refractivity contribution in [2.24, 2.45) is 0 Å². The van der Waals surface area contributed by atoms with Crippen LogP contribution in [0.3, 0.4) is 0 Å². The highest BCUT2D eigenvalue weighted by Gasteiger charge is 1.96. The summed E-state index contributed by atoms with van der Waals surface area (Å²) in [6.45, 7) is 0. The Hall–Kier alpha value is -1.02. The Morgan fingerprint density at radius 1 is 1.42 bits per heavy atom. The topological polar surface area (TPSA) is 28.7 Å². The third-order valence-electron chi connectivity index (χ3n) is 1.89. The molecule has 2 nitrogen and oxygen atoms in total. The first-order chi connectivity index (χ1) is 5.90. The number of aromatic amines is 1. The summed E-state index contributed by atoms with van der Waals surface area (Å²) in [5, 5.41) is 8.00. The smallest absolute Gasteiger partial charge is 0.0650 e. The molecule has 0 aliphatic heterocycles. The lowest BCUT2D eigenvalue weighted by Gasteiger charge is -1.96. The van der Waals surface area contributed by atoms with E-state index in [4.69, 9.17) is 11.6 Å². The molecule has 0 fully saturated rings. The standard InChI is InChI=1S/C9H9ClN2/c10-4-3-7-1-2-9-8(5-7)6-11-12-9/h1-2,5-6H,3-4H2,(H,11,12). The van der Waals surface area contributed by atoms with Gasteiger partial charge in [-0.2, -0.15) is 5.10 Å². The SMILES string of the molecule is ClCCc1ccc2[nH]ncc2c1. The minimum atomic E-state index is 0.670. The Balaban J connectivity index is 2.46. The van der Waals surface area contributed by atoms with E-state index in [0.717, 1.165) is 17.3 Å². The van der Waals surface area contributed by atoms with Crippen molar-refractivity contribution in [2.75, 3.05) is 5.88 Å². The maximum atomic E-state index is 5.64. The van der Waals surface area contributed by atoms with Crippen molar-refractivity contribution in [1.29, 1.82) is 0 Å². The number of aromatic nitrogens is 2. The molecule has 62 valence electrons. The summed E-state index contributed by atoms with van der Waals surface area (Å²) in [5.41, 5.74) is 2.34. The van der Waals surface area contributed by atoms with Gasteiger partial charge < -0.3 is 0 Å². The molecule has 2 aromatic rings. The van der Waals surface area contributed by atoms with Gasteiger partial charge in [0.15, 0.2) is 0 Å². The molecule has 1 aromatic carbocycles. The van der Waals surface area contributed by atoms with Crippen LogP contribution in [-0.4, -0.2) is 16.1 Å². The van der Waals surface area contributed by atoms with Crippen molar-refractivity contribution in [2.45, 2.75) is 6.42 Å². The minimum absolute atomic E-state index is 0.670. The molecule has 0 unspecified atom stereocenters. The lowest BCUT2D eigenvalue weighted by molar-refractivity contribution is 1.12. The number of alkyl halides is 1. The highest BCUT2D eigenvalue weighted by atomic mass is 35.5. The van der Waals surface area contributed by atoms with E-state index in [9.17, 15) is 0 Å². The zero-order valence-corrected chi connectivity index (χ0v) is 7.30. The van der Waals surface area contributed by atoms with Gasteiger partial charge in [-0.1, -0.05) is 6.07 Å². The van der Waals surface area contributed by atoms with Crippen molar-refractivity contribution >= 4 is 22.5 Å². The van der Waals surface area contributed by atoms with Crippen LogP contribution in [0.5, 0.6) is 0 Å². The summed E-state index contributed by atoms with van der Waals surface area (Å²) in [7, 11) is 0. The summed E-state index contributed by atoms with van der Waals surface area (Å²) in [5.74, 6) is 0.670. The van der Waals surface area contributed by atoms with Crippen LogP contribution in [0.2, 0.25) is 0 Å². The molecule has 1 aromatic heterocycles. The van der Waals surface area contributed by atoms with Gasteiger partial charge in [0.2, 0.25) is 0 Å². The Morgan fingerprint density at radius 2 is 2.33 bits per heavy atom. The molecule has 0 saturated heterocycles. The Kier molecular flexibility index (Phi) is 2.00. The second-order valence-corrected chi connectivity index (χ2v) is 3.11. The molecule has 0 aliphatic rings. The van der Waals surface area contributed by atoms with E-state index in [2.05, 4.69) is 22.3 Å². The molecule has 0 aliphatic carbocycles. The fourth-order valence-corrected chi connectivity index (χ4v) is 1.48. The van der Waals surface area contributed by atoms with Gasteiger partial charge >= 0.3 is 0 Å². The zero-order valence-electron chi connectivity index (χ0n) is 6.55. The fourth-order valence-electron chi connectivity index (χ4n) is 1.26. The molecular weight excluding hydrogens is 172 g/mol. The van der Waals surface area contributed by atoms with Crippen LogP contribution in [0.25, 0.3) is 10.9 Å². The number of hydrogen-bond donors (Lipinski definition) is 1. The van der Waals surface area contributed by atoms with Gasteiger partial charge in [-0.15, -0.1) is 11.6 Å². The predicted molar refractivity (Wildman–Crippen MR) is 50.5 cm³/mol. The third-order valence-corrected chi connectivity index (χ3v) is 2.08. The van der Waals surface area contributed by atoms with Crippen LogP contribution >= 0.6 is 11.6 Å². The molecule has 0 radical (unpaired) electrons. The van der Waals surface area contributed by atoms with Crippen LogP contribution in [0.15, 0.2) is 24.4 Å². The number of halogens is 1. The van der Waals surface area contributed by atoms with Gasteiger partial charge in [0.05, 0.1) is 11.7 Å². The highest BCUT2D eigenvalue weighted by Crippen LogP contribution is 2.13. The number of nitrogens with one attached hydrogen (secondary N) is 1. The van der Waals surface area contributed by atoms with Gasteiger partial charge in [0, 0.05) is 11.3 Å². The number of H-pyrrole nitrogens is 1. The van der Waals surface area contributed by atoms with Gasteiger partial charge in [-0.3, -0.25) is 5.10 Å². The van der Waals surface area contributed by atoms with E-state index in [1.165, 1.54) is 5.56 Å². The summed E-state index contributed by atoms with van der Waals surface area (Å²) < 4.78 is 0. The number of fused-ring (bicyclic) bond motifs is 1. The normalized spacial score (nSPS) is 10.8. The zero-order chi connectivity index (χ0) is 8.39. The van der Waals surface area contributed by atoms with Crippen molar-refractivity contribution < 1.29 is 0 Å². The predicted octanol–water partition coefficient (Wildman–Crippen LogP) is 2.34. The van der Waals surface area contributed by atoms with Gasteiger partial charge in [0.25, 0.3) is 0 Å². The van der Waals surface area contributed by atoms with Crippen molar-refractivity contribution in [3.63, 3.8) is 0 Å². The number of nitrogens with zero attached hydrogens (tertiary/aromatic N) is 1. The maximum absolute atomic E-state index is 5.64. The lowest BCUT2D eigenvalue weighted by Crippen LogP contribution is -1.84. The molecule has 12 heavy (non-hydrogen) atoms. The average Bonchev–Trinajstić information content (AvgIpc) is 2.51. The summed E-state index contributed by atoms with van der Waals surface area (Å²) in [4.78, 5) is 0. The van der Waals surface area contributed by atoms with Gasteiger partial charge in [0.1, 0.15) is 0 Å². The van der Waals surface area contributed by atoms with E-state index < -0.39 is 0 Å². The third kappa shape index (κ3) is 1.30. The monoisotopic (exact) mass is 180 g/mol.